The predicted molar refractivity (Wildman–Crippen MR) is 68.8 cm³/mol. The third-order valence-electron chi connectivity index (χ3n) is 2.83. The van der Waals surface area contributed by atoms with Crippen LogP contribution in [0.5, 0.6) is 0 Å². The molecule has 0 N–H and O–H groups in total. The molecule has 0 aromatic heterocycles. The number of hydrogen-bond acceptors (Lipinski definition) is 0. The van der Waals surface area contributed by atoms with Gasteiger partial charge in [0.1, 0.15) is 0 Å². The van der Waals surface area contributed by atoms with E-state index in [4.69, 9.17) is 11.6 Å². The number of rotatable bonds is 5. The molecule has 0 aliphatic carbocycles. The summed E-state index contributed by atoms with van der Waals surface area (Å²) in [4.78, 5) is 0. The van der Waals surface area contributed by atoms with E-state index >= 15 is 0 Å². The van der Waals surface area contributed by atoms with Crippen molar-refractivity contribution in [2.45, 2.75) is 51.8 Å². The van der Waals surface area contributed by atoms with Gasteiger partial charge >= 0.3 is 0 Å². The van der Waals surface area contributed by atoms with Gasteiger partial charge in [0, 0.05) is 5.38 Å². The quantitative estimate of drug-likeness (QED) is 0.639. The average molecular weight is 225 g/mol. The lowest BCUT2D eigenvalue weighted by molar-refractivity contribution is 0.674. The fourth-order valence-electron chi connectivity index (χ4n) is 1.90. The highest BCUT2D eigenvalue weighted by atomic mass is 35.5. The first kappa shape index (κ1) is 12.6. The molecule has 0 aliphatic rings. The second-order valence-electron chi connectivity index (χ2n) is 4.35. The lowest BCUT2D eigenvalue weighted by Crippen LogP contribution is -2.01. The van der Waals surface area contributed by atoms with Crippen LogP contribution in [0.25, 0.3) is 0 Å². The molecular weight excluding hydrogens is 204 g/mol. The molecule has 0 saturated carbocycles. The van der Waals surface area contributed by atoms with Crippen LogP contribution < -0.4 is 0 Å². The first-order chi connectivity index (χ1) is 7.13. The summed E-state index contributed by atoms with van der Waals surface area (Å²) >= 11 is 6.21. The van der Waals surface area contributed by atoms with Gasteiger partial charge in [0.2, 0.25) is 0 Å². The number of hydrogen-bond donors (Lipinski definition) is 0. The van der Waals surface area contributed by atoms with E-state index in [2.05, 4.69) is 39.0 Å². The van der Waals surface area contributed by atoms with Crippen molar-refractivity contribution in [3.05, 3.63) is 34.9 Å². The van der Waals surface area contributed by atoms with Crippen molar-refractivity contribution < 1.29 is 0 Å². The Morgan fingerprint density at radius 3 is 2.53 bits per heavy atom. The van der Waals surface area contributed by atoms with E-state index < -0.39 is 0 Å². The van der Waals surface area contributed by atoms with Crippen molar-refractivity contribution in [3.8, 4) is 0 Å². The third-order valence-corrected chi connectivity index (χ3v) is 3.26. The topological polar surface area (TPSA) is 0 Å². The Morgan fingerprint density at radius 1 is 1.20 bits per heavy atom. The zero-order valence-corrected chi connectivity index (χ0v) is 10.8. The van der Waals surface area contributed by atoms with Gasteiger partial charge < -0.3 is 0 Å². The Morgan fingerprint density at radius 2 is 1.93 bits per heavy atom. The van der Waals surface area contributed by atoms with Gasteiger partial charge in [-0.15, -0.1) is 11.6 Å². The fraction of sp³-hybridized carbons (Fsp3) is 0.571. The van der Waals surface area contributed by atoms with Crippen molar-refractivity contribution >= 4 is 11.6 Å². The summed E-state index contributed by atoms with van der Waals surface area (Å²) in [6, 6.07) is 6.67. The molecular formula is C14H21Cl. The highest BCUT2D eigenvalue weighted by molar-refractivity contribution is 6.20. The normalized spacial score (nSPS) is 12.8. The molecule has 1 aromatic carbocycles. The highest BCUT2D eigenvalue weighted by Gasteiger charge is 2.05. The molecule has 0 amide bonds. The molecule has 1 aromatic rings. The van der Waals surface area contributed by atoms with Crippen LogP contribution >= 0.6 is 11.6 Å². The lowest BCUT2D eigenvalue weighted by Gasteiger charge is -2.10. The van der Waals surface area contributed by atoms with Crippen molar-refractivity contribution in [1.82, 2.24) is 0 Å². The molecule has 1 unspecified atom stereocenters. The maximum absolute atomic E-state index is 6.21. The summed E-state index contributed by atoms with van der Waals surface area (Å²) < 4.78 is 0. The molecule has 1 atom stereocenters. The van der Waals surface area contributed by atoms with Gasteiger partial charge in [-0.3, -0.25) is 0 Å². The van der Waals surface area contributed by atoms with Crippen LogP contribution in [-0.4, -0.2) is 5.38 Å². The van der Waals surface area contributed by atoms with E-state index in [1.807, 2.05) is 0 Å². The van der Waals surface area contributed by atoms with Crippen LogP contribution in [0, 0.1) is 13.8 Å². The average Bonchev–Trinajstić information content (AvgIpc) is 2.17. The van der Waals surface area contributed by atoms with Crippen molar-refractivity contribution in [2.24, 2.45) is 0 Å². The summed E-state index contributed by atoms with van der Waals surface area (Å²) in [5, 5.41) is 0.343. The van der Waals surface area contributed by atoms with Gasteiger partial charge in [0.15, 0.2) is 0 Å². The maximum atomic E-state index is 6.21. The van der Waals surface area contributed by atoms with Crippen LogP contribution in [0.15, 0.2) is 18.2 Å². The van der Waals surface area contributed by atoms with Crippen molar-refractivity contribution in [3.63, 3.8) is 0 Å². The van der Waals surface area contributed by atoms with Gasteiger partial charge in [0.25, 0.3) is 0 Å². The van der Waals surface area contributed by atoms with Crippen LogP contribution in [0.3, 0.4) is 0 Å². The number of halogens is 1. The standard InChI is InChI=1S/C14H21Cl/c1-4-5-14(15)9-8-13-7-6-11(2)10-12(13)3/h6-7,10,14H,4-5,8-9H2,1-3H3. The minimum atomic E-state index is 0.343. The largest absolute Gasteiger partial charge is 0.123 e. The van der Waals surface area contributed by atoms with Crippen LogP contribution in [0.2, 0.25) is 0 Å². The second kappa shape index (κ2) is 6.17. The molecule has 84 valence electrons. The zero-order valence-electron chi connectivity index (χ0n) is 10.0. The van der Waals surface area contributed by atoms with E-state index in [9.17, 15) is 0 Å². The summed E-state index contributed by atoms with van der Waals surface area (Å²) in [7, 11) is 0. The minimum absolute atomic E-state index is 0.343. The summed E-state index contributed by atoms with van der Waals surface area (Å²) in [5.41, 5.74) is 4.19. The Hall–Kier alpha value is -0.490. The second-order valence-corrected chi connectivity index (χ2v) is 4.97. The number of benzene rings is 1. The minimum Gasteiger partial charge on any atom is -0.123 e. The molecule has 0 fully saturated rings. The zero-order chi connectivity index (χ0) is 11.3. The highest BCUT2D eigenvalue weighted by Crippen LogP contribution is 2.17. The van der Waals surface area contributed by atoms with Gasteiger partial charge in [-0.25, -0.2) is 0 Å². The first-order valence-corrected chi connectivity index (χ1v) is 6.27. The first-order valence-electron chi connectivity index (χ1n) is 5.83. The Labute approximate surface area is 98.7 Å². The SMILES string of the molecule is CCCC(Cl)CCc1ccc(C)cc1C. The van der Waals surface area contributed by atoms with Gasteiger partial charge in [-0.05, 0) is 44.2 Å². The number of aryl methyl sites for hydroxylation is 3. The molecule has 15 heavy (non-hydrogen) atoms. The van der Waals surface area contributed by atoms with Gasteiger partial charge in [0.05, 0.1) is 0 Å². The van der Waals surface area contributed by atoms with E-state index in [0.717, 1.165) is 19.3 Å². The van der Waals surface area contributed by atoms with Crippen LogP contribution in [-0.2, 0) is 6.42 Å². The smallest absolute Gasteiger partial charge is 0.0339 e. The third kappa shape index (κ3) is 4.25. The van der Waals surface area contributed by atoms with E-state index in [-0.39, 0.29) is 0 Å². The molecule has 0 heterocycles. The van der Waals surface area contributed by atoms with Crippen LogP contribution in [0.4, 0.5) is 0 Å². The number of alkyl halides is 1. The predicted octanol–water partition coefficient (Wildman–Crippen LogP) is 4.64. The van der Waals surface area contributed by atoms with Crippen molar-refractivity contribution in [2.75, 3.05) is 0 Å². The summed E-state index contributed by atoms with van der Waals surface area (Å²) in [5.74, 6) is 0. The van der Waals surface area contributed by atoms with Crippen molar-refractivity contribution in [1.29, 1.82) is 0 Å². The molecule has 0 radical (unpaired) electrons. The molecule has 0 spiro atoms. The van der Waals surface area contributed by atoms with E-state index in [1.54, 1.807) is 0 Å². The molecule has 1 rings (SSSR count). The Bertz CT molecular complexity index is 304. The van der Waals surface area contributed by atoms with Gasteiger partial charge in [-0.1, -0.05) is 37.1 Å². The molecule has 0 nitrogen and oxygen atoms in total. The van der Waals surface area contributed by atoms with E-state index in [0.29, 0.717) is 5.38 Å². The molecule has 0 saturated heterocycles. The van der Waals surface area contributed by atoms with Crippen LogP contribution in [0.1, 0.15) is 42.9 Å². The fourth-order valence-corrected chi connectivity index (χ4v) is 2.22. The Balaban J connectivity index is 2.50. The maximum Gasteiger partial charge on any atom is 0.0339 e. The Kier molecular flexibility index (Phi) is 5.17. The van der Waals surface area contributed by atoms with Gasteiger partial charge in [-0.2, -0.15) is 0 Å². The summed E-state index contributed by atoms with van der Waals surface area (Å²) in [6.45, 7) is 6.51. The monoisotopic (exact) mass is 224 g/mol. The molecule has 0 aliphatic heterocycles. The molecule has 0 bridgehead atoms. The van der Waals surface area contributed by atoms with E-state index in [1.165, 1.54) is 23.1 Å². The molecule has 1 heteroatoms. The summed E-state index contributed by atoms with van der Waals surface area (Å²) in [6.07, 6.45) is 4.52. The lowest BCUT2D eigenvalue weighted by atomic mass is 10.00.